The first-order valence-corrected chi connectivity index (χ1v) is 8.62. The van der Waals surface area contributed by atoms with E-state index in [9.17, 15) is 9.59 Å². The molecule has 0 N–H and O–H groups in total. The highest BCUT2D eigenvalue weighted by Gasteiger charge is 2.52. The average Bonchev–Trinajstić information content (AvgIpc) is 2.44. The van der Waals surface area contributed by atoms with Gasteiger partial charge in [0.1, 0.15) is 12.6 Å². The Labute approximate surface area is 135 Å². The number of aldehydes is 2. The maximum Gasteiger partial charge on any atom is 0.146 e. The van der Waals surface area contributed by atoms with Gasteiger partial charge < -0.3 is 0 Å². The van der Waals surface area contributed by atoms with Gasteiger partial charge in [-0.15, -0.1) is 0 Å². The summed E-state index contributed by atoms with van der Waals surface area (Å²) in [5, 5.41) is 0. The second-order valence-electron chi connectivity index (χ2n) is 8.18. The van der Waals surface area contributed by atoms with Crippen LogP contribution in [0.2, 0.25) is 0 Å². The zero-order chi connectivity index (χ0) is 16.4. The topological polar surface area (TPSA) is 34.1 Å². The van der Waals surface area contributed by atoms with Crippen LogP contribution in [0.3, 0.4) is 0 Å². The predicted molar refractivity (Wildman–Crippen MR) is 90.5 cm³/mol. The molecule has 0 bridgehead atoms. The van der Waals surface area contributed by atoms with Crippen LogP contribution in [0, 0.1) is 22.7 Å². The number of hydrogen-bond acceptors (Lipinski definition) is 2. The Hall–Kier alpha value is -1.18. The molecule has 2 aliphatic rings. The van der Waals surface area contributed by atoms with Crippen molar-refractivity contribution in [1.82, 2.24) is 0 Å². The molecular formula is C20H30O2. The number of carbonyl (C=O) groups is 2. The Morgan fingerprint density at radius 1 is 1.27 bits per heavy atom. The fraction of sp³-hybridized carbons (Fsp3) is 0.700. The molecule has 0 heterocycles. The molecule has 2 rings (SSSR count). The molecule has 2 nitrogen and oxygen atoms in total. The second kappa shape index (κ2) is 6.52. The van der Waals surface area contributed by atoms with Crippen molar-refractivity contribution in [2.75, 3.05) is 0 Å². The van der Waals surface area contributed by atoms with E-state index in [1.165, 1.54) is 37.3 Å². The highest BCUT2D eigenvalue weighted by atomic mass is 16.1. The standard InChI is InChI=1S/C20H30O2/c1-15-6-9-18-19(2,3)11-5-12-20(18,4)17(15)8-7-16(14-22)10-13-21/h10,13-14,17-18H,1,5-9,11-12H2,2-4H3/b16-10-. The summed E-state index contributed by atoms with van der Waals surface area (Å²) in [7, 11) is 0. The first kappa shape index (κ1) is 17.2. The molecule has 0 aromatic carbocycles. The van der Waals surface area contributed by atoms with Crippen molar-refractivity contribution in [2.45, 2.75) is 65.7 Å². The van der Waals surface area contributed by atoms with Crippen LogP contribution in [0.25, 0.3) is 0 Å². The van der Waals surface area contributed by atoms with E-state index in [2.05, 4.69) is 27.4 Å². The minimum absolute atomic E-state index is 0.298. The molecule has 0 saturated heterocycles. The van der Waals surface area contributed by atoms with E-state index >= 15 is 0 Å². The van der Waals surface area contributed by atoms with Crippen LogP contribution in [0.4, 0.5) is 0 Å². The van der Waals surface area contributed by atoms with Crippen LogP contribution in [-0.2, 0) is 9.59 Å². The van der Waals surface area contributed by atoms with E-state index in [0.717, 1.165) is 25.0 Å². The van der Waals surface area contributed by atoms with Crippen molar-refractivity contribution >= 4 is 12.6 Å². The summed E-state index contributed by atoms with van der Waals surface area (Å²) >= 11 is 0. The molecule has 0 amide bonds. The van der Waals surface area contributed by atoms with Crippen molar-refractivity contribution in [2.24, 2.45) is 22.7 Å². The fourth-order valence-electron chi connectivity index (χ4n) is 5.39. The van der Waals surface area contributed by atoms with Crippen molar-refractivity contribution < 1.29 is 9.59 Å². The zero-order valence-corrected chi connectivity index (χ0v) is 14.4. The van der Waals surface area contributed by atoms with Gasteiger partial charge in [-0.3, -0.25) is 9.59 Å². The fourth-order valence-corrected chi connectivity index (χ4v) is 5.39. The molecule has 2 aliphatic carbocycles. The van der Waals surface area contributed by atoms with Gasteiger partial charge in [0.15, 0.2) is 0 Å². The van der Waals surface area contributed by atoms with Gasteiger partial charge in [0.2, 0.25) is 0 Å². The van der Waals surface area contributed by atoms with Crippen LogP contribution >= 0.6 is 0 Å². The van der Waals surface area contributed by atoms with Gasteiger partial charge in [0.05, 0.1) is 0 Å². The van der Waals surface area contributed by atoms with Crippen LogP contribution in [0.15, 0.2) is 23.8 Å². The van der Waals surface area contributed by atoms with Gasteiger partial charge in [0, 0.05) is 0 Å². The van der Waals surface area contributed by atoms with Gasteiger partial charge in [0.25, 0.3) is 0 Å². The highest BCUT2D eigenvalue weighted by molar-refractivity contribution is 5.81. The number of hydrogen-bond donors (Lipinski definition) is 0. The summed E-state index contributed by atoms with van der Waals surface area (Å²) in [5.41, 5.74) is 2.67. The Balaban J connectivity index is 2.20. The number of rotatable bonds is 5. The predicted octanol–water partition coefficient (Wildman–Crippen LogP) is 4.89. The van der Waals surface area contributed by atoms with Crippen LogP contribution in [0.5, 0.6) is 0 Å². The molecule has 0 aliphatic heterocycles. The molecule has 0 aromatic rings. The Morgan fingerprint density at radius 3 is 2.64 bits per heavy atom. The van der Waals surface area contributed by atoms with E-state index in [1.54, 1.807) is 0 Å². The largest absolute Gasteiger partial charge is 0.299 e. The zero-order valence-electron chi connectivity index (χ0n) is 14.4. The normalized spacial score (nSPS) is 34.9. The highest BCUT2D eigenvalue weighted by Crippen LogP contribution is 2.61. The number of allylic oxidation sites excluding steroid dienone is 3. The molecule has 0 radical (unpaired) electrons. The lowest BCUT2D eigenvalue weighted by molar-refractivity contribution is -0.106. The van der Waals surface area contributed by atoms with Crippen LogP contribution < -0.4 is 0 Å². The van der Waals surface area contributed by atoms with Gasteiger partial charge in [-0.25, -0.2) is 0 Å². The lowest BCUT2D eigenvalue weighted by atomic mass is 9.47. The third-order valence-corrected chi connectivity index (χ3v) is 6.47. The first-order chi connectivity index (χ1) is 10.3. The van der Waals surface area contributed by atoms with Gasteiger partial charge >= 0.3 is 0 Å². The Kier molecular flexibility index (Phi) is 5.09. The number of carbonyl (C=O) groups excluding carboxylic acids is 2. The smallest absolute Gasteiger partial charge is 0.146 e. The van der Waals surface area contributed by atoms with Gasteiger partial charge in [-0.05, 0) is 72.8 Å². The molecule has 22 heavy (non-hydrogen) atoms. The second-order valence-corrected chi connectivity index (χ2v) is 8.18. The molecule has 122 valence electrons. The van der Waals surface area contributed by atoms with E-state index in [0.29, 0.717) is 35.0 Å². The third kappa shape index (κ3) is 3.11. The van der Waals surface area contributed by atoms with E-state index in [4.69, 9.17) is 0 Å². The average molecular weight is 302 g/mol. The maximum atomic E-state index is 11.1. The Bertz CT molecular complexity index is 486. The summed E-state index contributed by atoms with van der Waals surface area (Å²) < 4.78 is 0. The summed E-state index contributed by atoms with van der Waals surface area (Å²) in [4.78, 5) is 21.7. The lowest BCUT2D eigenvalue weighted by Crippen LogP contribution is -2.49. The van der Waals surface area contributed by atoms with E-state index < -0.39 is 0 Å². The molecular weight excluding hydrogens is 272 g/mol. The first-order valence-electron chi connectivity index (χ1n) is 8.62. The molecule has 2 saturated carbocycles. The third-order valence-electron chi connectivity index (χ3n) is 6.47. The van der Waals surface area contributed by atoms with Crippen LogP contribution in [0.1, 0.15) is 65.7 Å². The van der Waals surface area contributed by atoms with Gasteiger partial charge in [-0.2, -0.15) is 0 Å². The van der Waals surface area contributed by atoms with E-state index in [1.807, 2.05) is 0 Å². The summed E-state index contributed by atoms with van der Waals surface area (Å²) in [6.07, 6.45) is 10.8. The van der Waals surface area contributed by atoms with Crippen molar-refractivity contribution in [3.8, 4) is 0 Å². The molecule has 3 unspecified atom stereocenters. The van der Waals surface area contributed by atoms with Crippen molar-refractivity contribution in [1.29, 1.82) is 0 Å². The monoisotopic (exact) mass is 302 g/mol. The van der Waals surface area contributed by atoms with Gasteiger partial charge in [-0.1, -0.05) is 39.3 Å². The van der Waals surface area contributed by atoms with Crippen molar-refractivity contribution in [3.05, 3.63) is 23.8 Å². The molecule has 2 heteroatoms. The molecule has 3 atom stereocenters. The Morgan fingerprint density at radius 2 is 2.00 bits per heavy atom. The summed E-state index contributed by atoms with van der Waals surface area (Å²) in [5.74, 6) is 1.21. The number of fused-ring (bicyclic) bond motifs is 1. The minimum atomic E-state index is 0.298. The summed E-state index contributed by atoms with van der Waals surface area (Å²) in [6, 6.07) is 0. The van der Waals surface area contributed by atoms with E-state index in [-0.39, 0.29) is 0 Å². The molecule has 0 aromatic heterocycles. The SMILES string of the molecule is C=C1CCC2C(C)(C)CCCC2(C)C1CC/C(C=O)=C/C=O. The molecule has 0 spiro atoms. The maximum absolute atomic E-state index is 11.1. The molecule has 2 fully saturated rings. The minimum Gasteiger partial charge on any atom is -0.299 e. The van der Waals surface area contributed by atoms with Crippen molar-refractivity contribution in [3.63, 3.8) is 0 Å². The lowest BCUT2D eigenvalue weighted by Gasteiger charge is -2.58. The summed E-state index contributed by atoms with van der Waals surface area (Å²) in [6.45, 7) is 11.6. The quantitative estimate of drug-likeness (QED) is 0.411. The van der Waals surface area contributed by atoms with Crippen LogP contribution in [-0.4, -0.2) is 12.6 Å².